The Labute approximate surface area is 186 Å². The standard InChI is InChI=1S/C25H36N2O2S/c1-5-7-8-10-13-19(3)26-23-17-16-22(27-21-14-11-9-12-15-21)18-24(23)30-20(4)25(28)29-6-2/h9,11-12,14-20,26-27H,5-8,10,13H2,1-4H3. The van der Waals surface area contributed by atoms with Crippen molar-refractivity contribution in [2.45, 2.75) is 76.0 Å². The predicted octanol–water partition coefficient (Wildman–Crippen LogP) is 7.24. The van der Waals surface area contributed by atoms with Crippen molar-refractivity contribution in [3.05, 3.63) is 48.5 Å². The van der Waals surface area contributed by atoms with Crippen LogP contribution in [0.1, 0.15) is 59.8 Å². The molecule has 0 saturated heterocycles. The summed E-state index contributed by atoms with van der Waals surface area (Å²) in [6, 6.07) is 16.8. The van der Waals surface area contributed by atoms with Gasteiger partial charge in [-0.3, -0.25) is 4.79 Å². The van der Waals surface area contributed by atoms with Gasteiger partial charge >= 0.3 is 5.97 Å². The minimum atomic E-state index is -0.266. The highest BCUT2D eigenvalue weighted by atomic mass is 32.2. The van der Waals surface area contributed by atoms with E-state index in [0.717, 1.165) is 28.4 Å². The molecule has 0 aliphatic rings. The van der Waals surface area contributed by atoms with Crippen molar-refractivity contribution in [2.75, 3.05) is 17.2 Å². The lowest BCUT2D eigenvalue weighted by molar-refractivity contribution is -0.142. The molecular weight excluding hydrogens is 392 g/mol. The minimum Gasteiger partial charge on any atom is -0.465 e. The average Bonchev–Trinajstić information content (AvgIpc) is 2.74. The lowest BCUT2D eigenvalue weighted by Gasteiger charge is -2.20. The lowest BCUT2D eigenvalue weighted by atomic mass is 10.1. The van der Waals surface area contributed by atoms with Gasteiger partial charge < -0.3 is 15.4 Å². The highest BCUT2D eigenvalue weighted by Crippen LogP contribution is 2.35. The number of para-hydroxylation sites is 1. The summed E-state index contributed by atoms with van der Waals surface area (Å²) >= 11 is 1.54. The van der Waals surface area contributed by atoms with E-state index < -0.39 is 0 Å². The molecule has 2 rings (SSSR count). The van der Waals surface area contributed by atoms with E-state index in [1.807, 2.05) is 44.2 Å². The number of nitrogens with one attached hydrogen (secondary N) is 2. The zero-order chi connectivity index (χ0) is 21.8. The van der Waals surface area contributed by atoms with E-state index in [1.54, 1.807) is 0 Å². The summed E-state index contributed by atoms with van der Waals surface area (Å²) in [5.74, 6) is -0.178. The fraction of sp³-hybridized carbons (Fsp3) is 0.480. The van der Waals surface area contributed by atoms with Gasteiger partial charge in [0, 0.05) is 28.0 Å². The van der Waals surface area contributed by atoms with Crippen molar-refractivity contribution in [3.8, 4) is 0 Å². The number of hydrogen-bond donors (Lipinski definition) is 2. The van der Waals surface area contributed by atoms with E-state index in [0.29, 0.717) is 12.6 Å². The van der Waals surface area contributed by atoms with Crippen LogP contribution in [0, 0.1) is 0 Å². The molecule has 0 aliphatic carbocycles. The van der Waals surface area contributed by atoms with Gasteiger partial charge in [-0.15, -0.1) is 11.8 Å². The first-order valence-corrected chi connectivity index (χ1v) is 12.0. The molecule has 0 aliphatic heterocycles. The molecule has 2 aromatic carbocycles. The maximum absolute atomic E-state index is 12.2. The van der Waals surface area contributed by atoms with E-state index in [4.69, 9.17) is 4.74 Å². The Morgan fingerprint density at radius 3 is 2.47 bits per heavy atom. The number of unbranched alkanes of at least 4 members (excludes halogenated alkanes) is 3. The normalized spacial score (nSPS) is 12.8. The van der Waals surface area contributed by atoms with Crippen LogP contribution < -0.4 is 10.6 Å². The van der Waals surface area contributed by atoms with Crippen LogP contribution in [0.15, 0.2) is 53.4 Å². The molecule has 2 aromatic rings. The molecule has 30 heavy (non-hydrogen) atoms. The van der Waals surface area contributed by atoms with Crippen molar-refractivity contribution in [3.63, 3.8) is 0 Å². The van der Waals surface area contributed by atoms with Gasteiger partial charge in [-0.05, 0) is 57.5 Å². The van der Waals surface area contributed by atoms with E-state index in [2.05, 4.69) is 42.7 Å². The molecule has 0 heterocycles. The quantitative estimate of drug-likeness (QED) is 0.200. The monoisotopic (exact) mass is 428 g/mol. The summed E-state index contributed by atoms with van der Waals surface area (Å²) in [7, 11) is 0. The zero-order valence-electron chi connectivity index (χ0n) is 18.7. The Kier molecular flexibility index (Phi) is 10.6. The highest BCUT2D eigenvalue weighted by molar-refractivity contribution is 8.00. The molecule has 0 bridgehead atoms. The molecular formula is C25H36N2O2S. The van der Waals surface area contributed by atoms with Gasteiger partial charge in [-0.2, -0.15) is 0 Å². The van der Waals surface area contributed by atoms with Crippen LogP contribution in [-0.2, 0) is 9.53 Å². The Morgan fingerprint density at radius 2 is 1.77 bits per heavy atom. The van der Waals surface area contributed by atoms with Gasteiger partial charge in [-0.1, -0.05) is 50.8 Å². The first kappa shape index (κ1) is 24.1. The molecule has 0 fully saturated rings. The van der Waals surface area contributed by atoms with Crippen molar-refractivity contribution in [2.24, 2.45) is 0 Å². The molecule has 0 radical (unpaired) electrons. The Hall–Kier alpha value is -2.14. The molecule has 5 heteroatoms. The smallest absolute Gasteiger partial charge is 0.319 e. The molecule has 4 nitrogen and oxygen atoms in total. The molecule has 0 aromatic heterocycles. The second-order valence-corrected chi connectivity index (χ2v) is 8.99. The fourth-order valence-electron chi connectivity index (χ4n) is 3.22. The van der Waals surface area contributed by atoms with Crippen LogP contribution in [0.2, 0.25) is 0 Å². The third-order valence-corrected chi connectivity index (χ3v) is 6.00. The van der Waals surface area contributed by atoms with Crippen LogP contribution >= 0.6 is 11.8 Å². The molecule has 2 unspecified atom stereocenters. The summed E-state index contributed by atoms with van der Waals surface area (Å²) in [5, 5.41) is 6.83. The second-order valence-electron chi connectivity index (χ2n) is 7.61. The maximum Gasteiger partial charge on any atom is 0.319 e. The fourth-order valence-corrected chi connectivity index (χ4v) is 4.21. The van der Waals surface area contributed by atoms with Gasteiger partial charge in [0.1, 0.15) is 5.25 Å². The van der Waals surface area contributed by atoms with Crippen molar-refractivity contribution < 1.29 is 9.53 Å². The van der Waals surface area contributed by atoms with Gasteiger partial charge in [-0.25, -0.2) is 0 Å². The number of rotatable bonds is 13. The average molecular weight is 429 g/mol. The Balaban J connectivity index is 2.14. The zero-order valence-corrected chi connectivity index (χ0v) is 19.6. The predicted molar refractivity (Wildman–Crippen MR) is 130 cm³/mol. The van der Waals surface area contributed by atoms with Crippen LogP contribution in [0.4, 0.5) is 17.1 Å². The molecule has 2 N–H and O–H groups in total. The third kappa shape index (κ3) is 8.31. The first-order chi connectivity index (χ1) is 14.5. The van der Waals surface area contributed by atoms with E-state index in [9.17, 15) is 4.79 Å². The molecule has 0 saturated carbocycles. The topological polar surface area (TPSA) is 50.4 Å². The van der Waals surface area contributed by atoms with Crippen molar-refractivity contribution in [1.82, 2.24) is 0 Å². The van der Waals surface area contributed by atoms with Gasteiger partial charge in [0.2, 0.25) is 0 Å². The van der Waals surface area contributed by atoms with Crippen LogP contribution in [-0.4, -0.2) is 23.9 Å². The number of carbonyl (C=O) groups is 1. The third-order valence-electron chi connectivity index (χ3n) is 4.86. The number of anilines is 3. The van der Waals surface area contributed by atoms with E-state index >= 15 is 0 Å². The summed E-state index contributed by atoms with van der Waals surface area (Å²) < 4.78 is 5.20. The molecule has 164 valence electrons. The molecule has 0 amide bonds. The summed E-state index contributed by atoms with van der Waals surface area (Å²) in [6.07, 6.45) is 6.21. The molecule has 2 atom stereocenters. The van der Waals surface area contributed by atoms with E-state index in [1.165, 1.54) is 37.4 Å². The van der Waals surface area contributed by atoms with E-state index in [-0.39, 0.29) is 11.2 Å². The van der Waals surface area contributed by atoms with Gasteiger partial charge in [0.25, 0.3) is 0 Å². The van der Waals surface area contributed by atoms with Crippen LogP contribution in [0.3, 0.4) is 0 Å². The number of thioether (sulfide) groups is 1. The Bertz CT molecular complexity index is 767. The second kappa shape index (κ2) is 13.2. The van der Waals surface area contributed by atoms with Gasteiger partial charge in [0.05, 0.1) is 6.61 Å². The summed E-state index contributed by atoms with van der Waals surface area (Å²) in [4.78, 5) is 13.2. The Morgan fingerprint density at radius 1 is 1.00 bits per heavy atom. The van der Waals surface area contributed by atoms with Crippen molar-refractivity contribution in [1.29, 1.82) is 0 Å². The number of hydrogen-bond acceptors (Lipinski definition) is 5. The lowest BCUT2D eigenvalue weighted by Crippen LogP contribution is -2.18. The number of ether oxygens (including phenoxy) is 1. The summed E-state index contributed by atoms with van der Waals surface area (Å²) in [6.45, 7) is 8.61. The number of benzene rings is 2. The summed E-state index contributed by atoms with van der Waals surface area (Å²) in [5.41, 5.74) is 3.11. The number of carbonyl (C=O) groups excluding carboxylic acids is 1. The minimum absolute atomic E-state index is 0.178. The number of esters is 1. The first-order valence-electron chi connectivity index (χ1n) is 11.1. The van der Waals surface area contributed by atoms with Crippen molar-refractivity contribution >= 4 is 34.8 Å². The highest BCUT2D eigenvalue weighted by Gasteiger charge is 2.18. The SMILES string of the molecule is CCCCCCC(C)Nc1ccc(Nc2ccccc2)cc1SC(C)C(=O)OCC. The molecule has 0 spiro atoms. The van der Waals surface area contributed by atoms with Crippen LogP contribution in [0.5, 0.6) is 0 Å². The van der Waals surface area contributed by atoms with Crippen LogP contribution in [0.25, 0.3) is 0 Å². The maximum atomic E-state index is 12.2. The largest absolute Gasteiger partial charge is 0.465 e. The van der Waals surface area contributed by atoms with Gasteiger partial charge in [0.15, 0.2) is 0 Å².